The number of phosphoric acid groups is 1. The number of hydrogen-bond acceptors (Lipinski definition) is 6. The lowest BCUT2D eigenvalue weighted by atomic mass is 10.1. The average Bonchev–Trinajstić information content (AvgIpc) is 3.15. The number of carbonyl (C=O) groups is 1. The first kappa shape index (κ1) is 54.5. The second-order valence-electron chi connectivity index (χ2n) is 16.7. The Labute approximate surface area is 346 Å². The van der Waals surface area contributed by atoms with Crippen LogP contribution in [0, 0.1) is 0 Å². The summed E-state index contributed by atoms with van der Waals surface area (Å²) in [6, 6.07) is -0.911. The number of unbranched alkanes of at least 4 members (excludes halogenated alkanes) is 22. The monoisotopic (exact) mass is 809 g/mol. The fourth-order valence-corrected chi connectivity index (χ4v) is 7.02. The SMILES string of the molecule is CCCCCC/C=C/CC/C=C/CC/C=C/C(O)C(COP(=O)([O-])OCC[N+](C)(C)C)NC(=O)CCCCCCCCC/C=C\CCCCCCCCCCC. The lowest BCUT2D eigenvalue weighted by Crippen LogP contribution is -2.45. The molecule has 0 aliphatic heterocycles. The molecule has 9 heteroatoms. The standard InChI is InChI=1S/C47H89N2O6P/c1-6-8-10-12-14-16-18-20-22-23-24-25-26-27-29-31-33-35-37-39-41-47(51)48-45(44-55-56(52,53)54-43-42-49(3,4)5)46(50)40-38-36-34-32-30-28-21-19-17-15-13-11-9-7-2/h17,19,24-25,30,32,38,40,45-46,50H,6-16,18,20-23,26-29,31,33-37,39,41-44H2,1-5H3,(H-,48,51,52,53)/b19-17+,25-24-,32-30+,40-38+. The van der Waals surface area contributed by atoms with Crippen LogP contribution in [0.1, 0.15) is 194 Å². The van der Waals surface area contributed by atoms with Gasteiger partial charge >= 0.3 is 0 Å². The van der Waals surface area contributed by atoms with Crippen molar-refractivity contribution in [2.75, 3.05) is 40.9 Å². The van der Waals surface area contributed by atoms with E-state index in [1.807, 2.05) is 27.2 Å². The van der Waals surface area contributed by atoms with E-state index >= 15 is 0 Å². The van der Waals surface area contributed by atoms with Crippen LogP contribution in [0.2, 0.25) is 0 Å². The first-order valence-corrected chi connectivity index (χ1v) is 24.5. The van der Waals surface area contributed by atoms with Crippen LogP contribution in [0.4, 0.5) is 0 Å². The summed E-state index contributed by atoms with van der Waals surface area (Å²) in [6.07, 6.45) is 48.7. The van der Waals surface area contributed by atoms with Crippen LogP contribution in [0.3, 0.4) is 0 Å². The summed E-state index contributed by atoms with van der Waals surface area (Å²) >= 11 is 0. The van der Waals surface area contributed by atoms with E-state index < -0.39 is 26.6 Å². The highest BCUT2D eigenvalue weighted by molar-refractivity contribution is 7.45. The topological polar surface area (TPSA) is 108 Å². The van der Waals surface area contributed by atoms with Gasteiger partial charge in [-0.15, -0.1) is 0 Å². The molecule has 328 valence electrons. The Morgan fingerprint density at radius 1 is 0.607 bits per heavy atom. The summed E-state index contributed by atoms with van der Waals surface area (Å²) in [5.74, 6) is -0.218. The summed E-state index contributed by atoms with van der Waals surface area (Å²) < 4.78 is 23.2. The number of amides is 1. The lowest BCUT2D eigenvalue weighted by Gasteiger charge is -2.29. The third-order valence-corrected chi connectivity index (χ3v) is 11.0. The summed E-state index contributed by atoms with van der Waals surface area (Å²) in [5, 5.41) is 13.7. The number of hydrogen-bond donors (Lipinski definition) is 2. The molecule has 56 heavy (non-hydrogen) atoms. The molecule has 0 bridgehead atoms. The molecule has 0 aliphatic carbocycles. The zero-order chi connectivity index (χ0) is 41.4. The second kappa shape index (κ2) is 38.9. The number of phosphoric ester groups is 1. The zero-order valence-corrected chi connectivity index (χ0v) is 38.0. The van der Waals surface area contributed by atoms with Gasteiger partial charge in [-0.1, -0.05) is 165 Å². The predicted molar refractivity (Wildman–Crippen MR) is 238 cm³/mol. The summed E-state index contributed by atoms with van der Waals surface area (Å²) in [6.45, 7) is 4.58. The van der Waals surface area contributed by atoms with Crippen LogP contribution in [-0.4, -0.2) is 68.5 Å². The molecule has 0 spiro atoms. The van der Waals surface area contributed by atoms with Crippen LogP contribution in [0.5, 0.6) is 0 Å². The van der Waals surface area contributed by atoms with Crippen molar-refractivity contribution in [2.45, 2.75) is 206 Å². The number of allylic oxidation sites excluding steroid dienone is 7. The summed E-state index contributed by atoms with van der Waals surface area (Å²) in [4.78, 5) is 25.3. The molecule has 1 amide bonds. The number of aliphatic hydroxyl groups excluding tert-OH is 1. The van der Waals surface area contributed by atoms with E-state index in [0.717, 1.165) is 51.4 Å². The van der Waals surface area contributed by atoms with Gasteiger partial charge < -0.3 is 28.8 Å². The van der Waals surface area contributed by atoms with Crippen molar-refractivity contribution in [1.82, 2.24) is 5.32 Å². The number of quaternary nitrogens is 1. The molecular formula is C47H89N2O6P. The molecule has 8 nitrogen and oxygen atoms in total. The quantitative estimate of drug-likeness (QED) is 0.0276. The Morgan fingerprint density at radius 3 is 1.46 bits per heavy atom. The Hall–Kier alpha value is -1.54. The van der Waals surface area contributed by atoms with Gasteiger partial charge in [0.25, 0.3) is 7.82 Å². The van der Waals surface area contributed by atoms with Crippen molar-refractivity contribution in [2.24, 2.45) is 0 Å². The maximum atomic E-state index is 12.9. The van der Waals surface area contributed by atoms with Crippen LogP contribution < -0.4 is 10.2 Å². The smallest absolute Gasteiger partial charge is 0.268 e. The predicted octanol–water partition coefficient (Wildman–Crippen LogP) is 12.2. The molecule has 3 unspecified atom stereocenters. The molecule has 0 radical (unpaired) electrons. The Bertz CT molecular complexity index is 1050. The van der Waals surface area contributed by atoms with Crippen molar-refractivity contribution in [1.29, 1.82) is 0 Å². The van der Waals surface area contributed by atoms with E-state index in [1.165, 1.54) is 122 Å². The Kier molecular flexibility index (Phi) is 37.9. The second-order valence-corrected chi connectivity index (χ2v) is 18.1. The van der Waals surface area contributed by atoms with E-state index in [1.54, 1.807) is 6.08 Å². The van der Waals surface area contributed by atoms with Gasteiger partial charge in [0.05, 0.1) is 39.9 Å². The van der Waals surface area contributed by atoms with E-state index in [9.17, 15) is 19.4 Å². The Morgan fingerprint density at radius 2 is 1.00 bits per heavy atom. The third kappa shape index (κ3) is 40.6. The molecule has 0 rings (SSSR count). The molecule has 0 saturated heterocycles. The van der Waals surface area contributed by atoms with E-state index in [-0.39, 0.29) is 12.5 Å². The Balaban J connectivity index is 4.43. The lowest BCUT2D eigenvalue weighted by molar-refractivity contribution is -0.870. The van der Waals surface area contributed by atoms with Crippen LogP contribution in [0.15, 0.2) is 48.6 Å². The maximum absolute atomic E-state index is 12.9. The molecule has 2 N–H and O–H groups in total. The van der Waals surface area contributed by atoms with E-state index in [0.29, 0.717) is 17.4 Å². The van der Waals surface area contributed by atoms with Crippen molar-refractivity contribution in [3.8, 4) is 0 Å². The van der Waals surface area contributed by atoms with Crippen molar-refractivity contribution in [3.63, 3.8) is 0 Å². The molecule has 0 heterocycles. The van der Waals surface area contributed by atoms with E-state index in [2.05, 4.69) is 55.6 Å². The zero-order valence-electron chi connectivity index (χ0n) is 37.1. The molecule has 0 aromatic carbocycles. The van der Waals surface area contributed by atoms with Crippen LogP contribution in [0.25, 0.3) is 0 Å². The summed E-state index contributed by atoms with van der Waals surface area (Å²) in [7, 11) is 1.23. The number of likely N-dealkylation sites (N-methyl/N-ethyl adjacent to an activating group) is 1. The number of carbonyl (C=O) groups excluding carboxylic acids is 1. The van der Waals surface area contributed by atoms with Gasteiger partial charge in [0.1, 0.15) is 13.2 Å². The number of aliphatic hydroxyl groups is 1. The van der Waals surface area contributed by atoms with E-state index in [4.69, 9.17) is 9.05 Å². The molecule has 3 atom stereocenters. The van der Waals surface area contributed by atoms with Crippen molar-refractivity contribution >= 4 is 13.7 Å². The normalized spacial score (nSPS) is 14.8. The molecule has 0 aromatic heterocycles. The van der Waals surface area contributed by atoms with Gasteiger partial charge in [-0.25, -0.2) is 0 Å². The fraction of sp³-hybridized carbons (Fsp3) is 0.809. The van der Waals surface area contributed by atoms with Gasteiger partial charge in [-0.05, 0) is 70.6 Å². The van der Waals surface area contributed by atoms with Gasteiger partial charge in [0.2, 0.25) is 5.91 Å². The van der Waals surface area contributed by atoms with Gasteiger partial charge in [-0.2, -0.15) is 0 Å². The largest absolute Gasteiger partial charge is 0.756 e. The van der Waals surface area contributed by atoms with Crippen LogP contribution in [-0.2, 0) is 18.4 Å². The number of nitrogens with zero attached hydrogens (tertiary/aromatic N) is 1. The third-order valence-electron chi connectivity index (χ3n) is 9.99. The van der Waals surface area contributed by atoms with Gasteiger partial charge in [0, 0.05) is 6.42 Å². The first-order valence-electron chi connectivity index (χ1n) is 23.0. The molecular weight excluding hydrogens is 719 g/mol. The molecule has 0 aliphatic rings. The highest BCUT2D eigenvalue weighted by Crippen LogP contribution is 2.38. The van der Waals surface area contributed by atoms with Crippen molar-refractivity contribution < 1.29 is 32.9 Å². The minimum atomic E-state index is -4.60. The highest BCUT2D eigenvalue weighted by atomic mass is 31.2. The average molecular weight is 809 g/mol. The summed E-state index contributed by atoms with van der Waals surface area (Å²) in [5.41, 5.74) is 0. The van der Waals surface area contributed by atoms with Gasteiger partial charge in [0.15, 0.2) is 0 Å². The molecule has 0 saturated carbocycles. The molecule has 0 aromatic rings. The van der Waals surface area contributed by atoms with Crippen molar-refractivity contribution in [3.05, 3.63) is 48.6 Å². The minimum absolute atomic E-state index is 0.0108. The van der Waals surface area contributed by atoms with Crippen LogP contribution >= 0.6 is 7.82 Å². The number of nitrogens with one attached hydrogen (secondary N) is 1. The highest BCUT2D eigenvalue weighted by Gasteiger charge is 2.23. The minimum Gasteiger partial charge on any atom is -0.756 e. The first-order chi connectivity index (χ1) is 27.0. The maximum Gasteiger partial charge on any atom is 0.268 e. The molecule has 0 fully saturated rings. The fourth-order valence-electron chi connectivity index (χ4n) is 6.30. The van der Waals surface area contributed by atoms with Gasteiger partial charge in [-0.3, -0.25) is 9.36 Å². The number of rotatable bonds is 41.